The van der Waals surface area contributed by atoms with Gasteiger partial charge in [0.25, 0.3) is 0 Å². The molecule has 4 heteroatoms. The molecule has 0 aliphatic rings. The van der Waals surface area contributed by atoms with Gasteiger partial charge in [0, 0.05) is 26.7 Å². The molecule has 0 aliphatic carbocycles. The lowest BCUT2D eigenvalue weighted by Gasteiger charge is -2.03. The van der Waals surface area contributed by atoms with Crippen molar-refractivity contribution in [2.24, 2.45) is 0 Å². The number of ether oxygens (including phenoxy) is 3. The third kappa shape index (κ3) is 11.5. The third-order valence-electron chi connectivity index (χ3n) is 1.39. The van der Waals surface area contributed by atoms with Crippen LogP contribution in [0.2, 0.25) is 0 Å². The molecule has 13 heavy (non-hydrogen) atoms. The predicted octanol–water partition coefficient (Wildman–Crippen LogP) is 0.645. The summed E-state index contributed by atoms with van der Waals surface area (Å²) in [6.45, 7) is 3.11. The Bertz CT molecular complexity index is 106. The lowest BCUT2D eigenvalue weighted by Crippen LogP contribution is -2.06. The van der Waals surface area contributed by atoms with E-state index in [-0.39, 0.29) is 0 Å². The third-order valence-corrected chi connectivity index (χ3v) is 1.39. The fraction of sp³-hybridized carbons (Fsp3) is 0.889. The van der Waals surface area contributed by atoms with Crippen LogP contribution in [0.5, 0.6) is 0 Å². The predicted molar refractivity (Wildman–Crippen MR) is 48.8 cm³/mol. The summed E-state index contributed by atoms with van der Waals surface area (Å²) in [5.74, 6) is 0. The largest absolute Gasteiger partial charge is 0.382 e. The van der Waals surface area contributed by atoms with Crippen LogP contribution in [0, 0.1) is 0 Å². The highest BCUT2D eigenvalue weighted by molar-refractivity contribution is 5.49. The summed E-state index contributed by atoms with van der Waals surface area (Å²) < 4.78 is 15.2. The van der Waals surface area contributed by atoms with Gasteiger partial charge in [0.1, 0.15) is 6.29 Å². The van der Waals surface area contributed by atoms with Crippen molar-refractivity contribution in [1.29, 1.82) is 0 Å². The van der Waals surface area contributed by atoms with Gasteiger partial charge in [-0.05, 0) is 6.42 Å². The monoisotopic (exact) mass is 190 g/mol. The maximum absolute atomic E-state index is 9.89. The smallest absolute Gasteiger partial charge is 0.122 e. The molecule has 0 fully saturated rings. The molecule has 0 aromatic rings. The van der Waals surface area contributed by atoms with Crippen molar-refractivity contribution < 1.29 is 19.0 Å². The van der Waals surface area contributed by atoms with Crippen LogP contribution in [0.25, 0.3) is 0 Å². The maximum atomic E-state index is 9.89. The number of rotatable bonds is 10. The fourth-order valence-corrected chi connectivity index (χ4v) is 0.741. The van der Waals surface area contributed by atoms with Crippen LogP contribution >= 0.6 is 0 Å². The second-order valence-corrected chi connectivity index (χ2v) is 2.53. The van der Waals surface area contributed by atoms with Crippen molar-refractivity contribution in [2.45, 2.75) is 12.8 Å². The molecule has 0 bridgehead atoms. The highest BCUT2D eigenvalue weighted by atomic mass is 16.5. The van der Waals surface area contributed by atoms with Crippen molar-refractivity contribution in [3.8, 4) is 0 Å². The van der Waals surface area contributed by atoms with Crippen molar-refractivity contribution in [3.05, 3.63) is 0 Å². The Morgan fingerprint density at radius 3 is 2.31 bits per heavy atom. The van der Waals surface area contributed by atoms with Crippen molar-refractivity contribution in [2.75, 3.05) is 40.1 Å². The molecule has 0 radical (unpaired) electrons. The van der Waals surface area contributed by atoms with E-state index in [1.54, 1.807) is 7.11 Å². The van der Waals surface area contributed by atoms with E-state index in [0.717, 1.165) is 12.7 Å². The fourth-order valence-electron chi connectivity index (χ4n) is 0.741. The van der Waals surface area contributed by atoms with Gasteiger partial charge in [-0.3, -0.25) is 0 Å². The minimum atomic E-state index is 0.477. The number of aldehydes is 1. The summed E-state index contributed by atoms with van der Waals surface area (Å²) >= 11 is 0. The van der Waals surface area contributed by atoms with Gasteiger partial charge in [0.15, 0.2) is 0 Å². The van der Waals surface area contributed by atoms with Crippen molar-refractivity contribution >= 4 is 6.29 Å². The van der Waals surface area contributed by atoms with Gasteiger partial charge in [-0.25, -0.2) is 0 Å². The average Bonchev–Trinajstić information content (AvgIpc) is 2.16. The first-order valence-electron chi connectivity index (χ1n) is 4.50. The standard InChI is InChI=1S/C9H18O4/c1-11-8-9-13-7-3-6-12-5-2-4-10/h4H,2-3,5-9H2,1H3. The lowest BCUT2D eigenvalue weighted by atomic mass is 10.5. The first kappa shape index (κ1) is 12.6. The zero-order valence-corrected chi connectivity index (χ0v) is 8.16. The van der Waals surface area contributed by atoms with E-state index in [4.69, 9.17) is 14.2 Å². The Morgan fingerprint density at radius 2 is 1.69 bits per heavy atom. The van der Waals surface area contributed by atoms with Crippen molar-refractivity contribution in [3.63, 3.8) is 0 Å². The first-order valence-corrected chi connectivity index (χ1v) is 4.50. The Labute approximate surface area is 79.2 Å². The van der Waals surface area contributed by atoms with Crippen LogP contribution in [0.4, 0.5) is 0 Å². The molecule has 0 saturated heterocycles. The average molecular weight is 190 g/mol. The normalized spacial score (nSPS) is 10.2. The number of hydrogen-bond acceptors (Lipinski definition) is 4. The summed E-state index contributed by atoms with van der Waals surface area (Å²) in [4.78, 5) is 9.89. The van der Waals surface area contributed by atoms with E-state index in [9.17, 15) is 4.79 Å². The highest BCUT2D eigenvalue weighted by Gasteiger charge is 1.90. The molecule has 0 amide bonds. The molecule has 0 saturated carbocycles. The minimum absolute atomic E-state index is 0.477. The number of carbonyl (C=O) groups is 1. The maximum Gasteiger partial charge on any atom is 0.122 e. The van der Waals surface area contributed by atoms with Gasteiger partial charge in [-0.1, -0.05) is 0 Å². The molecule has 0 N–H and O–H groups in total. The number of methoxy groups -OCH3 is 1. The van der Waals surface area contributed by atoms with E-state index in [1.165, 1.54) is 0 Å². The molecule has 0 rings (SSSR count). The quantitative estimate of drug-likeness (QED) is 0.374. The minimum Gasteiger partial charge on any atom is -0.382 e. The molecule has 0 aliphatic heterocycles. The summed E-state index contributed by atoms with van der Waals surface area (Å²) in [5, 5.41) is 0. The SMILES string of the molecule is COCCOCCCOCCC=O. The molecule has 0 atom stereocenters. The molecule has 4 nitrogen and oxygen atoms in total. The first-order chi connectivity index (χ1) is 6.41. The van der Waals surface area contributed by atoms with E-state index >= 15 is 0 Å². The molecule has 0 heterocycles. The van der Waals surface area contributed by atoms with Crippen molar-refractivity contribution in [1.82, 2.24) is 0 Å². The summed E-state index contributed by atoms with van der Waals surface area (Å²) in [5.41, 5.74) is 0. The van der Waals surface area contributed by atoms with Gasteiger partial charge in [0.2, 0.25) is 0 Å². The highest BCUT2D eigenvalue weighted by Crippen LogP contribution is 1.86. The molecular weight excluding hydrogens is 172 g/mol. The summed E-state index contributed by atoms with van der Waals surface area (Å²) in [7, 11) is 1.64. The number of hydrogen-bond donors (Lipinski definition) is 0. The Kier molecular flexibility index (Phi) is 11.2. The molecule has 78 valence electrons. The zero-order valence-electron chi connectivity index (χ0n) is 8.16. The second-order valence-electron chi connectivity index (χ2n) is 2.53. The summed E-state index contributed by atoms with van der Waals surface area (Å²) in [6, 6.07) is 0. The van der Waals surface area contributed by atoms with Gasteiger partial charge >= 0.3 is 0 Å². The molecule has 0 aromatic carbocycles. The molecule has 0 spiro atoms. The van der Waals surface area contributed by atoms with E-state index in [2.05, 4.69) is 0 Å². The summed E-state index contributed by atoms with van der Waals surface area (Å²) in [6.07, 6.45) is 2.20. The van der Waals surface area contributed by atoms with Crippen LogP contribution in [-0.2, 0) is 19.0 Å². The van der Waals surface area contributed by atoms with E-state index in [0.29, 0.717) is 39.5 Å². The van der Waals surface area contributed by atoms with Gasteiger partial charge in [0.05, 0.1) is 19.8 Å². The molecular formula is C9H18O4. The van der Waals surface area contributed by atoms with E-state index in [1.807, 2.05) is 0 Å². The van der Waals surface area contributed by atoms with Crippen LogP contribution in [0.15, 0.2) is 0 Å². The Morgan fingerprint density at radius 1 is 1.00 bits per heavy atom. The van der Waals surface area contributed by atoms with Crippen LogP contribution in [-0.4, -0.2) is 46.4 Å². The van der Waals surface area contributed by atoms with Gasteiger partial charge in [-0.2, -0.15) is 0 Å². The van der Waals surface area contributed by atoms with Gasteiger partial charge < -0.3 is 19.0 Å². The molecule has 0 unspecified atom stereocenters. The van der Waals surface area contributed by atoms with Gasteiger partial charge in [-0.15, -0.1) is 0 Å². The van der Waals surface area contributed by atoms with Crippen LogP contribution in [0.3, 0.4) is 0 Å². The molecule has 0 aromatic heterocycles. The number of carbonyl (C=O) groups excluding carboxylic acids is 1. The zero-order chi connectivity index (χ0) is 9.78. The van der Waals surface area contributed by atoms with Crippen LogP contribution in [0.1, 0.15) is 12.8 Å². The Hall–Kier alpha value is -0.450. The van der Waals surface area contributed by atoms with E-state index < -0.39 is 0 Å². The lowest BCUT2D eigenvalue weighted by molar-refractivity contribution is -0.108. The van der Waals surface area contributed by atoms with Crippen LogP contribution < -0.4 is 0 Å². The Balaban J connectivity index is 2.79. The topological polar surface area (TPSA) is 44.8 Å². The second kappa shape index (κ2) is 11.6.